The van der Waals surface area contributed by atoms with E-state index >= 15 is 0 Å². The maximum atomic E-state index is 8.87. The van der Waals surface area contributed by atoms with Crippen molar-refractivity contribution in [2.45, 2.75) is 33.2 Å². The van der Waals surface area contributed by atoms with E-state index in [1.165, 1.54) is 0 Å². The Labute approximate surface area is 110 Å². The zero-order chi connectivity index (χ0) is 13.2. The Bertz CT molecular complexity index is 331. The SMILES string of the molecule is CCCNc1ccnc(CN(CC)CCCO)c1. The van der Waals surface area contributed by atoms with Gasteiger partial charge in [-0.25, -0.2) is 0 Å². The van der Waals surface area contributed by atoms with Crippen LogP contribution >= 0.6 is 0 Å². The van der Waals surface area contributed by atoms with Crippen LogP contribution in [0.4, 0.5) is 5.69 Å². The quantitative estimate of drug-likeness (QED) is 0.705. The predicted octanol–water partition coefficient (Wildman–Crippen LogP) is 2.11. The molecular formula is C14H25N3O. The van der Waals surface area contributed by atoms with Crippen molar-refractivity contribution in [2.75, 3.05) is 31.6 Å². The second kappa shape index (κ2) is 8.89. The number of aliphatic hydroxyl groups is 1. The molecule has 102 valence electrons. The third-order valence-electron chi connectivity index (χ3n) is 2.86. The lowest BCUT2D eigenvalue weighted by atomic mass is 10.2. The number of aliphatic hydroxyl groups excluding tert-OH is 1. The van der Waals surface area contributed by atoms with E-state index in [-0.39, 0.29) is 6.61 Å². The number of rotatable bonds is 9. The molecule has 0 bridgehead atoms. The normalized spacial score (nSPS) is 10.9. The first-order valence-electron chi connectivity index (χ1n) is 6.82. The molecule has 1 aromatic heterocycles. The predicted molar refractivity (Wildman–Crippen MR) is 75.7 cm³/mol. The molecule has 0 amide bonds. The number of hydrogen-bond donors (Lipinski definition) is 2. The van der Waals surface area contributed by atoms with Gasteiger partial charge in [0.2, 0.25) is 0 Å². The Hall–Kier alpha value is -1.13. The van der Waals surface area contributed by atoms with Crippen molar-refractivity contribution in [2.24, 2.45) is 0 Å². The van der Waals surface area contributed by atoms with Crippen LogP contribution in [0.1, 0.15) is 32.4 Å². The molecule has 0 aromatic carbocycles. The van der Waals surface area contributed by atoms with E-state index < -0.39 is 0 Å². The van der Waals surface area contributed by atoms with Gasteiger partial charge >= 0.3 is 0 Å². The van der Waals surface area contributed by atoms with E-state index in [4.69, 9.17) is 5.11 Å². The summed E-state index contributed by atoms with van der Waals surface area (Å²) in [5.74, 6) is 0. The second-order valence-electron chi connectivity index (χ2n) is 4.41. The fourth-order valence-electron chi connectivity index (χ4n) is 1.82. The van der Waals surface area contributed by atoms with Gasteiger partial charge in [0.25, 0.3) is 0 Å². The first kappa shape index (κ1) is 14.9. The van der Waals surface area contributed by atoms with Crippen molar-refractivity contribution in [3.63, 3.8) is 0 Å². The molecule has 0 unspecified atom stereocenters. The van der Waals surface area contributed by atoms with Crippen LogP contribution < -0.4 is 5.32 Å². The van der Waals surface area contributed by atoms with Crippen molar-refractivity contribution < 1.29 is 5.11 Å². The summed E-state index contributed by atoms with van der Waals surface area (Å²) in [6.45, 7) is 8.28. The molecule has 0 radical (unpaired) electrons. The molecule has 0 aliphatic carbocycles. The lowest BCUT2D eigenvalue weighted by Gasteiger charge is -2.19. The molecule has 0 fully saturated rings. The summed E-state index contributed by atoms with van der Waals surface area (Å²) in [5, 5.41) is 12.2. The van der Waals surface area contributed by atoms with Crippen LogP contribution in [0.25, 0.3) is 0 Å². The fourth-order valence-corrected chi connectivity index (χ4v) is 1.82. The lowest BCUT2D eigenvalue weighted by Crippen LogP contribution is -2.25. The van der Waals surface area contributed by atoms with Crippen molar-refractivity contribution >= 4 is 5.69 Å². The molecular weight excluding hydrogens is 226 g/mol. The van der Waals surface area contributed by atoms with E-state index in [1.807, 2.05) is 12.3 Å². The Morgan fingerprint density at radius 2 is 2.22 bits per heavy atom. The summed E-state index contributed by atoms with van der Waals surface area (Å²) in [6, 6.07) is 4.11. The third kappa shape index (κ3) is 5.47. The van der Waals surface area contributed by atoms with Crippen LogP contribution in [0.2, 0.25) is 0 Å². The van der Waals surface area contributed by atoms with Gasteiger partial charge in [0.1, 0.15) is 0 Å². The first-order valence-corrected chi connectivity index (χ1v) is 6.82. The molecule has 1 heterocycles. The van der Waals surface area contributed by atoms with E-state index in [9.17, 15) is 0 Å². The molecule has 4 heteroatoms. The summed E-state index contributed by atoms with van der Waals surface area (Å²) in [7, 11) is 0. The monoisotopic (exact) mass is 251 g/mol. The van der Waals surface area contributed by atoms with E-state index in [0.717, 1.165) is 50.4 Å². The van der Waals surface area contributed by atoms with Crippen molar-refractivity contribution in [1.29, 1.82) is 0 Å². The van der Waals surface area contributed by atoms with Crippen molar-refractivity contribution in [1.82, 2.24) is 9.88 Å². The number of hydrogen-bond acceptors (Lipinski definition) is 4. The smallest absolute Gasteiger partial charge is 0.0564 e. The highest BCUT2D eigenvalue weighted by molar-refractivity contribution is 5.43. The van der Waals surface area contributed by atoms with Gasteiger partial charge in [-0.15, -0.1) is 0 Å². The van der Waals surface area contributed by atoms with Crippen molar-refractivity contribution in [3.8, 4) is 0 Å². The van der Waals surface area contributed by atoms with Gasteiger partial charge in [0.15, 0.2) is 0 Å². The minimum absolute atomic E-state index is 0.252. The maximum Gasteiger partial charge on any atom is 0.0564 e. The largest absolute Gasteiger partial charge is 0.396 e. The fraction of sp³-hybridized carbons (Fsp3) is 0.643. The zero-order valence-corrected chi connectivity index (χ0v) is 11.5. The second-order valence-corrected chi connectivity index (χ2v) is 4.41. The molecule has 0 atom stereocenters. The number of nitrogens with zero attached hydrogens (tertiary/aromatic N) is 2. The highest BCUT2D eigenvalue weighted by Gasteiger charge is 2.04. The minimum atomic E-state index is 0.252. The standard InChI is InChI=1S/C14H25N3O/c1-3-7-15-13-6-8-16-14(11-13)12-17(4-2)9-5-10-18/h6,8,11,18H,3-5,7,9-10,12H2,1-2H3,(H,15,16). The van der Waals surface area contributed by atoms with Crippen LogP contribution in [0, 0.1) is 0 Å². The van der Waals surface area contributed by atoms with Crippen LogP contribution in [-0.2, 0) is 6.54 Å². The van der Waals surface area contributed by atoms with Crippen LogP contribution in [0.5, 0.6) is 0 Å². The summed E-state index contributed by atoms with van der Waals surface area (Å²) < 4.78 is 0. The van der Waals surface area contributed by atoms with Gasteiger partial charge in [-0.05, 0) is 31.5 Å². The van der Waals surface area contributed by atoms with Gasteiger partial charge in [0.05, 0.1) is 5.69 Å². The Morgan fingerprint density at radius 1 is 1.39 bits per heavy atom. The Morgan fingerprint density at radius 3 is 2.89 bits per heavy atom. The first-order chi connectivity index (χ1) is 8.80. The Kier molecular flexibility index (Phi) is 7.37. The summed E-state index contributed by atoms with van der Waals surface area (Å²) >= 11 is 0. The molecule has 0 aliphatic rings. The molecule has 4 nitrogen and oxygen atoms in total. The third-order valence-corrected chi connectivity index (χ3v) is 2.86. The van der Waals surface area contributed by atoms with E-state index in [0.29, 0.717) is 0 Å². The zero-order valence-electron chi connectivity index (χ0n) is 11.5. The number of nitrogens with one attached hydrogen (secondary N) is 1. The van der Waals surface area contributed by atoms with Crippen molar-refractivity contribution in [3.05, 3.63) is 24.0 Å². The van der Waals surface area contributed by atoms with Gasteiger partial charge in [-0.3, -0.25) is 9.88 Å². The van der Waals surface area contributed by atoms with Crippen LogP contribution in [0.3, 0.4) is 0 Å². The molecule has 0 saturated carbocycles. The average molecular weight is 251 g/mol. The van der Waals surface area contributed by atoms with Gasteiger partial charge in [-0.1, -0.05) is 13.8 Å². The highest BCUT2D eigenvalue weighted by Crippen LogP contribution is 2.10. The van der Waals surface area contributed by atoms with Gasteiger partial charge in [-0.2, -0.15) is 0 Å². The molecule has 18 heavy (non-hydrogen) atoms. The molecule has 2 N–H and O–H groups in total. The number of pyridine rings is 1. The molecule has 1 rings (SSSR count). The summed E-state index contributed by atoms with van der Waals surface area (Å²) in [5.41, 5.74) is 2.22. The average Bonchev–Trinajstić information content (AvgIpc) is 2.41. The topological polar surface area (TPSA) is 48.4 Å². The lowest BCUT2D eigenvalue weighted by molar-refractivity contribution is 0.224. The molecule has 0 spiro atoms. The van der Waals surface area contributed by atoms with E-state index in [2.05, 4.69) is 35.1 Å². The molecule has 0 saturated heterocycles. The number of anilines is 1. The van der Waals surface area contributed by atoms with Crippen LogP contribution in [0.15, 0.2) is 18.3 Å². The minimum Gasteiger partial charge on any atom is -0.396 e. The molecule has 0 aliphatic heterocycles. The number of aromatic nitrogens is 1. The highest BCUT2D eigenvalue weighted by atomic mass is 16.3. The summed E-state index contributed by atoms with van der Waals surface area (Å²) in [6.07, 6.45) is 3.80. The molecule has 1 aromatic rings. The maximum absolute atomic E-state index is 8.87. The van der Waals surface area contributed by atoms with Gasteiger partial charge < -0.3 is 10.4 Å². The summed E-state index contributed by atoms with van der Waals surface area (Å²) in [4.78, 5) is 6.69. The van der Waals surface area contributed by atoms with Gasteiger partial charge in [0, 0.05) is 38.1 Å². The van der Waals surface area contributed by atoms with Crippen LogP contribution in [-0.4, -0.2) is 41.2 Å². The van der Waals surface area contributed by atoms with E-state index in [1.54, 1.807) is 0 Å². The Balaban J connectivity index is 2.53.